The summed E-state index contributed by atoms with van der Waals surface area (Å²) in [6.07, 6.45) is 0. The van der Waals surface area contributed by atoms with Crippen molar-refractivity contribution < 1.29 is 14.1 Å². The normalized spacial score (nSPS) is 14.5. The van der Waals surface area contributed by atoms with E-state index in [4.69, 9.17) is 4.52 Å². The minimum absolute atomic E-state index is 0.0126. The number of piperazine rings is 1. The third kappa shape index (κ3) is 4.93. The van der Waals surface area contributed by atoms with Crippen molar-refractivity contribution in [1.29, 1.82) is 0 Å². The van der Waals surface area contributed by atoms with Crippen molar-refractivity contribution in [3.8, 4) is 11.3 Å². The van der Waals surface area contributed by atoms with Crippen LogP contribution in [-0.4, -0.2) is 59.5 Å². The van der Waals surface area contributed by atoms with Gasteiger partial charge in [-0.15, -0.1) is 0 Å². The van der Waals surface area contributed by atoms with Crippen LogP contribution in [0.3, 0.4) is 0 Å². The molecule has 7 nitrogen and oxygen atoms in total. The van der Waals surface area contributed by atoms with Gasteiger partial charge in [-0.05, 0) is 5.56 Å². The zero-order valence-corrected chi connectivity index (χ0v) is 16.7. The SMILES string of the molecule is O=C(CN1CCN(C(=O)c2cc(-c3ccccc3)no2)CC1)NCc1ccccc1. The van der Waals surface area contributed by atoms with Crippen LogP contribution in [-0.2, 0) is 11.3 Å². The highest BCUT2D eigenvalue weighted by molar-refractivity contribution is 5.92. The number of nitrogens with zero attached hydrogens (tertiary/aromatic N) is 3. The summed E-state index contributed by atoms with van der Waals surface area (Å²) in [5.41, 5.74) is 2.63. The van der Waals surface area contributed by atoms with Gasteiger partial charge in [0.2, 0.25) is 11.7 Å². The Kier molecular flexibility index (Phi) is 6.20. The van der Waals surface area contributed by atoms with Gasteiger partial charge in [-0.1, -0.05) is 65.8 Å². The minimum Gasteiger partial charge on any atom is -0.351 e. The van der Waals surface area contributed by atoms with Crippen LogP contribution in [0.25, 0.3) is 11.3 Å². The Bertz CT molecular complexity index is 980. The van der Waals surface area contributed by atoms with E-state index in [1.54, 1.807) is 11.0 Å². The van der Waals surface area contributed by atoms with E-state index >= 15 is 0 Å². The second-order valence-electron chi connectivity index (χ2n) is 7.27. The van der Waals surface area contributed by atoms with Crippen LogP contribution in [0.2, 0.25) is 0 Å². The molecule has 1 fully saturated rings. The molecule has 1 aromatic heterocycles. The molecule has 0 spiro atoms. The number of benzene rings is 2. The molecular formula is C23H24N4O3. The van der Waals surface area contributed by atoms with Crippen LogP contribution in [0.15, 0.2) is 71.3 Å². The second kappa shape index (κ2) is 9.37. The van der Waals surface area contributed by atoms with Crippen molar-refractivity contribution in [1.82, 2.24) is 20.3 Å². The molecule has 0 bridgehead atoms. The summed E-state index contributed by atoms with van der Waals surface area (Å²) in [5.74, 6) is 0.0575. The number of nitrogens with one attached hydrogen (secondary N) is 1. The molecular weight excluding hydrogens is 380 g/mol. The number of amides is 2. The van der Waals surface area contributed by atoms with Gasteiger partial charge in [0.15, 0.2) is 0 Å². The standard InChI is InChI=1S/C23H24N4O3/c28-22(24-16-18-7-3-1-4-8-18)17-26-11-13-27(14-12-26)23(29)21-15-20(25-30-21)19-9-5-2-6-10-19/h1-10,15H,11-14,16-17H2,(H,24,28). The lowest BCUT2D eigenvalue weighted by Gasteiger charge is -2.33. The molecule has 1 aliphatic heterocycles. The molecule has 30 heavy (non-hydrogen) atoms. The summed E-state index contributed by atoms with van der Waals surface area (Å²) in [5, 5.41) is 6.96. The first-order chi connectivity index (χ1) is 14.7. The van der Waals surface area contributed by atoms with Gasteiger partial charge in [0.05, 0.1) is 6.54 Å². The van der Waals surface area contributed by atoms with Gasteiger partial charge in [-0.25, -0.2) is 0 Å². The van der Waals surface area contributed by atoms with Crippen LogP contribution in [0.1, 0.15) is 16.1 Å². The third-order valence-corrected chi connectivity index (χ3v) is 5.15. The molecule has 3 aromatic rings. The molecule has 4 rings (SSSR count). The van der Waals surface area contributed by atoms with E-state index < -0.39 is 0 Å². The van der Waals surface area contributed by atoms with E-state index in [9.17, 15) is 9.59 Å². The Balaban J connectivity index is 1.25. The van der Waals surface area contributed by atoms with Crippen molar-refractivity contribution in [3.63, 3.8) is 0 Å². The van der Waals surface area contributed by atoms with Crippen molar-refractivity contribution in [2.24, 2.45) is 0 Å². The fourth-order valence-corrected chi connectivity index (χ4v) is 3.44. The van der Waals surface area contributed by atoms with E-state index in [2.05, 4.69) is 15.4 Å². The van der Waals surface area contributed by atoms with Gasteiger partial charge in [-0.2, -0.15) is 0 Å². The van der Waals surface area contributed by atoms with Gasteiger partial charge >= 0.3 is 0 Å². The van der Waals surface area contributed by atoms with Crippen molar-refractivity contribution in [2.75, 3.05) is 32.7 Å². The van der Waals surface area contributed by atoms with Crippen molar-refractivity contribution in [2.45, 2.75) is 6.54 Å². The molecule has 0 atom stereocenters. The molecule has 2 aromatic carbocycles. The monoisotopic (exact) mass is 404 g/mol. The summed E-state index contributed by atoms with van der Waals surface area (Å²) >= 11 is 0. The Labute approximate surface area is 175 Å². The molecule has 154 valence electrons. The van der Waals surface area contributed by atoms with Crippen LogP contribution in [0.5, 0.6) is 0 Å². The maximum Gasteiger partial charge on any atom is 0.292 e. The van der Waals surface area contributed by atoms with Gasteiger partial charge in [0.25, 0.3) is 5.91 Å². The Hall–Kier alpha value is -3.45. The maximum absolute atomic E-state index is 12.7. The van der Waals surface area contributed by atoms with Crippen LogP contribution in [0, 0.1) is 0 Å². The number of carbonyl (C=O) groups excluding carboxylic acids is 2. The largest absolute Gasteiger partial charge is 0.351 e. The zero-order chi connectivity index (χ0) is 20.8. The first-order valence-electron chi connectivity index (χ1n) is 10.0. The Morgan fingerprint density at radius 2 is 1.60 bits per heavy atom. The van der Waals surface area contributed by atoms with Gasteiger partial charge in [-0.3, -0.25) is 14.5 Å². The predicted octanol–water partition coefficient (Wildman–Crippen LogP) is 2.42. The third-order valence-electron chi connectivity index (χ3n) is 5.15. The first kappa shape index (κ1) is 19.8. The average molecular weight is 404 g/mol. The van der Waals surface area contributed by atoms with Crippen LogP contribution < -0.4 is 5.32 Å². The zero-order valence-electron chi connectivity index (χ0n) is 16.7. The maximum atomic E-state index is 12.7. The van der Waals surface area contributed by atoms with Gasteiger partial charge in [0, 0.05) is 44.4 Å². The summed E-state index contributed by atoms with van der Waals surface area (Å²) in [6, 6.07) is 21.1. The lowest BCUT2D eigenvalue weighted by atomic mass is 10.1. The van der Waals surface area contributed by atoms with Crippen molar-refractivity contribution >= 4 is 11.8 Å². The quantitative estimate of drug-likeness (QED) is 0.683. The van der Waals surface area contributed by atoms with Crippen molar-refractivity contribution in [3.05, 3.63) is 78.1 Å². The first-order valence-corrected chi connectivity index (χ1v) is 10.0. The van der Waals surface area contributed by atoms with Gasteiger partial charge in [0.1, 0.15) is 5.69 Å². The molecule has 0 unspecified atom stereocenters. The molecule has 2 heterocycles. The summed E-state index contributed by atoms with van der Waals surface area (Å²) < 4.78 is 5.28. The highest BCUT2D eigenvalue weighted by atomic mass is 16.5. The summed E-state index contributed by atoms with van der Waals surface area (Å²) in [7, 11) is 0. The second-order valence-corrected chi connectivity index (χ2v) is 7.27. The molecule has 7 heteroatoms. The summed E-state index contributed by atoms with van der Waals surface area (Å²) in [6.45, 7) is 3.23. The molecule has 1 aliphatic rings. The summed E-state index contributed by atoms with van der Waals surface area (Å²) in [4.78, 5) is 28.7. The molecule has 0 saturated carbocycles. The number of hydrogen-bond donors (Lipinski definition) is 1. The predicted molar refractivity (Wildman–Crippen MR) is 113 cm³/mol. The van der Waals surface area contributed by atoms with E-state index in [0.717, 1.165) is 11.1 Å². The number of carbonyl (C=O) groups is 2. The average Bonchev–Trinajstić information content (AvgIpc) is 3.29. The van der Waals surface area contributed by atoms with E-state index in [-0.39, 0.29) is 17.6 Å². The van der Waals surface area contributed by atoms with E-state index in [1.165, 1.54) is 0 Å². The Morgan fingerprint density at radius 1 is 0.933 bits per heavy atom. The highest BCUT2D eigenvalue weighted by Crippen LogP contribution is 2.20. The number of rotatable bonds is 6. The Morgan fingerprint density at radius 3 is 2.30 bits per heavy atom. The highest BCUT2D eigenvalue weighted by Gasteiger charge is 2.26. The topological polar surface area (TPSA) is 78.7 Å². The lowest BCUT2D eigenvalue weighted by molar-refractivity contribution is -0.122. The lowest BCUT2D eigenvalue weighted by Crippen LogP contribution is -2.51. The molecule has 1 N–H and O–H groups in total. The smallest absolute Gasteiger partial charge is 0.292 e. The molecule has 0 aliphatic carbocycles. The van der Waals surface area contributed by atoms with E-state index in [0.29, 0.717) is 45.0 Å². The molecule has 0 radical (unpaired) electrons. The molecule has 2 amide bonds. The number of hydrogen-bond acceptors (Lipinski definition) is 5. The van der Waals surface area contributed by atoms with Crippen LogP contribution in [0.4, 0.5) is 0 Å². The van der Waals surface area contributed by atoms with E-state index in [1.807, 2.05) is 60.7 Å². The van der Waals surface area contributed by atoms with Gasteiger partial charge < -0.3 is 14.7 Å². The minimum atomic E-state index is -0.169. The fourth-order valence-electron chi connectivity index (χ4n) is 3.44. The molecule has 1 saturated heterocycles. The number of aromatic nitrogens is 1. The fraction of sp³-hybridized carbons (Fsp3) is 0.261. The van der Waals surface area contributed by atoms with Crippen LogP contribution >= 0.6 is 0 Å².